The van der Waals surface area contributed by atoms with Crippen LogP contribution in [0.25, 0.3) is 17.1 Å². The van der Waals surface area contributed by atoms with E-state index in [-0.39, 0.29) is 10.6 Å². The van der Waals surface area contributed by atoms with Crippen LogP contribution in [0.15, 0.2) is 84.0 Å². The zero-order chi connectivity index (χ0) is 20.9. The molecule has 0 spiro atoms. The number of nitro groups is 1. The van der Waals surface area contributed by atoms with Crippen molar-refractivity contribution in [2.75, 3.05) is 0 Å². The van der Waals surface area contributed by atoms with E-state index in [9.17, 15) is 10.1 Å². The number of benzene rings is 3. The van der Waals surface area contributed by atoms with E-state index < -0.39 is 0 Å². The number of aromatic nitrogens is 3. The van der Waals surface area contributed by atoms with Gasteiger partial charge in [-0.25, -0.2) is 0 Å². The highest BCUT2D eigenvalue weighted by atomic mass is 32.2. The average molecular weight is 417 g/mol. The number of aryl methyl sites for hydroxylation is 1. The largest absolute Gasteiger partial charge is 0.270 e. The molecular formula is C23H20N4O2S. The normalized spacial score (nSPS) is 10.8. The Morgan fingerprint density at radius 3 is 2.20 bits per heavy atom. The molecule has 1 heterocycles. The lowest BCUT2D eigenvalue weighted by Crippen LogP contribution is -2.00. The standard InChI is InChI=1S/C23H20N4O2S/c1-2-17-8-12-20(13-9-17)26-22(19-6-4-3-5-7-19)24-25-23(26)30-16-18-10-14-21(15-11-18)27(28)29/h3-15H,2,16H2,1H3. The van der Waals surface area contributed by atoms with Crippen LogP contribution in [0.1, 0.15) is 18.1 Å². The van der Waals surface area contributed by atoms with E-state index in [1.165, 1.54) is 17.7 Å². The zero-order valence-electron chi connectivity index (χ0n) is 16.4. The molecule has 0 atom stereocenters. The van der Waals surface area contributed by atoms with E-state index in [4.69, 9.17) is 0 Å². The van der Waals surface area contributed by atoms with Gasteiger partial charge in [-0.2, -0.15) is 0 Å². The Bertz CT molecular complexity index is 1140. The van der Waals surface area contributed by atoms with Crippen molar-refractivity contribution in [1.82, 2.24) is 14.8 Å². The number of non-ortho nitro benzene ring substituents is 1. The Balaban J connectivity index is 1.66. The van der Waals surface area contributed by atoms with Gasteiger partial charge in [-0.05, 0) is 29.7 Å². The molecule has 0 bridgehead atoms. The predicted molar refractivity (Wildman–Crippen MR) is 119 cm³/mol. The number of nitrogens with zero attached hydrogens (tertiary/aromatic N) is 4. The molecule has 3 aromatic carbocycles. The van der Waals surface area contributed by atoms with Crippen LogP contribution in [-0.2, 0) is 12.2 Å². The van der Waals surface area contributed by atoms with Crippen molar-refractivity contribution >= 4 is 17.4 Å². The Morgan fingerprint density at radius 1 is 0.900 bits per heavy atom. The summed E-state index contributed by atoms with van der Waals surface area (Å²) in [5.74, 6) is 1.42. The topological polar surface area (TPSA) is 73.8 Å². The molecule has 0 aliphatic heterocycles. The fourth-order valence-electron chi connectivity index (χ4n) is 3.11. The Kier molecular flexibility index (Phi) is 5.90. The van der Waals surface area contributed by atoms with Crippen molar-refractivity contribution in [3.8, 4) is 17.1 Å². The first kappa shape index (κ1) is 19.8. The number of thioether (sulfide) groups is 1. The Hall–Kier alpha value is -3.45. The minimum absolute atomic E-state index is 0.0919. The molecule has 0 unspecified atom stereocenters. The van der Waals surface area contributed by atoms with Crippen molar-refractivity contribution in [2.24, 2.45) is 0 Å². The second-order valence-electron chi connectivity index (χ2n) is 6.74. The highest BCUT2D eigenvalue weighted by molar-refractivity contribution is 7.98. The van der Waals surface area contributed by atoms with Gasteiger partial charge in [0.05, 0.1) is 4.92 Å². The maximum absolute atomic E-state index is 10.9. The van der Waals surface area contributed by atoms with Gasteiger partial charge in [-0.1, -0.05) is 73.3 Å². The average Bonchev–Trinajstić information content (AvgIpc) is 3.22. The molecule has 6 nitrogen and oxygen atoms in total. The lowest BCUT2D eigenvalue weighted by Gasteiger charge is -2.11. The van der Waals surface area contributed by atoms with E-state index in [2.05, 4.69) is 46.0 Å². The van der Waals surface area contributed by atoms with Crippen molar-refractivity contribution in [1.29, 1.82) is 0 Å². The minimum atomic E-state index is -0.389. The highest BCUT2D eigenvalue weighted by Crippen LogP contribution is 2.30. The first-order chi connectivity index (χ1) is 14.7. The summed E-state index contributed by atoms with van der Waals surface area (Å²) in [6.45, 7) is 2.13. The van der Waals surface area contributed by atoms with Crippen LogP contribution in [-0.4, -0.2) is 19.7 Å². The SMILES string of the molecule is CCc1ccc(-n2c(SCc3ccc([N+](=O)[O-])cc3)nnc2-c2ccccc2)cc1. The van der Waals surface area contributed by atoms with Gasteiger partial charge < -0.3 is 0 Å². The van der Waals surface area contributed by atoms with Crippen LogP contribution in [0.4, 0.5) is 5.69 Å². The molecule has 1 aromatic heterocycles. The molecule has 0 saturated carbocycles. The predicted octanol–water partition coefficient (Wildman–Crippen LogP) is 5.70. The van der Waals surface area contributed by atoms with Crippen molar-refractivity contribution < 1.29 is 4.92 Å². The van der Waals surface area contributed by atoms with Crippen molar-refractivity contribution in [3.63, 3.8) is 0 Å². The minimum Gasteiger partial charge on any atom is -0.270 e. The monoisotopic (exact) mass is 416 g/mol. The van der Waals surface area contributed by atoms with E-state index in [0.29, 0.717) is 5.75 Å². The molecule has 0 fully saturated rings. The van der Waals surface area contributed by atoms with Gasteiger partial charge >= 0.3 is 0 Å². The van der Waals surface area contributed by atoms with Gasteiger partial charge in [0.1, 0.15) is 0 Å². The van der Waals surface area contributed by atoms with Crippen LogP contribution >= 0.6 is 11.8 Å². The summed E-state index contributed by atoms with van der Waals surface area (Å²) in [7, 11) is 0. The molecular weight excluding hydrogens is 396 g/mol. The third-order valence-corrected chi connectivity index (χ3v) is 5.78. The molecule has 0 amide bonds. The van der Waals surface area contributed by atoms with Crippen molar-refractivity contribution in [2.45, 2.75) is 24.3 Å². The van der Waals surface area contributed by atoms with Gasteiger partial charge in [0, 0.05) is 29.1 Å². The molecule has 4 aromatic rings. The van der Waals surface area contributed by atoms with Crippen molar-refractivity contribution in [3.05, 3.63) is 100 Å². The third-order valence-electron chi connectivity index (χ3n) is 4.78. The third kappa shape index (κ3) is 4.26. The number of hydrogen-bond donors (Lipinski definition) is 0. The molecule has 0 radical (unpaired) electrons. The van der Waals surface area contributed by atoms with E-state index >= 15 is 0 Å². The number of nitro benzene ring substituents is 1. The van der Waals surface area contributed by atoms with Crippen LogP contribution in [0.3, 0.4) is 0 Å². The summed E-state index contributed by atoms with van der Waals surface area (Å²) >= 11 is 1.55. The van der Waals surface area contributed by atoms with Gasteiger partial charge in [-0.15, -0.1) is 10.2 Å². The smallest absolute Gasteiger partial charge is 0.269 e. The molecule has 30 heavy (non-hydrogen) atoms. The molecule has 4 rings (SSSR count). The Morgan fingerprint density at radius 2 is 1.57 bits per heavy atom. The summed E-state index contributed by atoms with van der Waals surface area (Å²) in [5.41, 5.74) is 4.35. The van der Waals surface area contributed by atoms with Crippen LogP contribution in [0.2, 0.25) is 0 Å². The van der Waals surface area contributed by atoms with E-state index in [1.54, 1.807) is 23.9 Å². The molecule has 0 N–H and O–H groups in total. The van der Waals surface area contributed by atoms with Crippen LogP contribution in [0.5, 0.6) is 0 Å². The van der Waals surface area contributed by atoms with Gasteiger partial charge in [0.15, 0.2) is 11.0 Å². The van der Waals surface area contributed by atoms with E-state index in [1.807, 2.05) is 30.3 Å². The summed E-state index contributed by atoms with van der Waals surface area (Å²) in [6, 6.07) is 25.0. The molecule has 150 valence electrons. The van der Waals surface area contributed by atoms with Gasteiger partial charge in [-0.3, -0.25) is 14.7 Å². The first-order valence-corrected chi connectivity index (χ1v) is 10.6. The molecule has 0 aliphatic carbocycles. The van der Waals surface area contributed by atoms with Crippen LogP contribution < -0.4 is 0 Å². The first-order valence-electron chi connectivity index (χ1n) is 9.62. The summed E-state index contributed by atoms with van der Waals surface area (Å²) in [4.78, 5) is 10.5. The van der Waals surface area contributed by atoms with E-state index in [0.717, 1.165) is 34.2 Å². The lowest BCUT2D eigenvalue weighted by atomic mass is 10.1. The summed E-state index contributed by atoms with van der Waals surface area (Å²) in [6.07, 6.45) is 0.982. The zero-order valence-corrected chi connectivity index (χ0v) is 17.2. The Labute approximate surface area is 178 Å². The molecule has 7 heteroatoms. The maximum Gasteiger partial charge on any atom is 0.269 e. The highest BCUT2D eigenvalue weighted by Gasteiger charge is 2.16. The van der Waals surface area contributed by atoms with Gasteiger partial charge in [0.2, 0.25) is 0 Å². The second-order valence-corrected chi connectivity index (χ2v) is 7.68. The van der Waals surface area contributed by atoms with Crippen LogP contribution in [0, 0.1) is 10.1 Å². The number of hydrogen-bond acceptors (Lipinski definition) is 5. The molecule has 0 saturated heterocycles. The lowest BCUT2D eigenvalue weighted by molar-refractivity contribution is -0.384. The fraction of sp³-hybridized carbons (Fsp3) is 0.130. The quantitative estimate of drug-likeness (QED) is 0.220. The second kappa shape index (κ2) is 8.92. The number of rotatable bonds is 7. The fourth-order valence-corrected chi connectivity index (χ4v) is 4.02. The molecule has 0 aliphatic rings. The van der Waals surface area contributed by atoms with Gasteiger partial charge in [0.25, 0.3) is 5.69 Å². The maximum atomic E-state index is 10.9. The summed E-state index contributed by atoms with van der Waals surface area (Å²) < 4.78 is 2.06. The summed E-state index contributed by atoms with van der Waals surface area (Å²) in [5, 5.41) is 20.5.